The summed E-state index contributed by atoms with van der Waals surface area (Å²) in [6.45, 7) is 8.07. The molecule has 0 saturated carbocycles. The molecular formula is C17H22ClNOS. The van der Waals surface area contributed by atoms with Crippen molar-refractivity contribution < 1.29 is 4.74 Å². The van der Waals surface area contributed by atoms with Gasteiger partial charge in [-0.05, 0) is 56.1 Å². The highest BCUT2D eigenvalue weighted by Crippen LogP contribution is 2.26. The van der Waals surface area contributed by atoms with Crippen LogP contribution in [0.25, 0.3) is 0 Å². The van der Waals surface area contributed by atoms with Crippen LogP contribution in [0.2, 0.25) is 4.34 Å². The molecule has 1 unspecified atom stereocenters. The van der Waals surface area contributed by atoms with E-state index in [2.05, 4.69) is 44.3 Å². The molecule has 114 valence electrons. The second kappa shape index (κ2) is 7.83. The van der Waals surface area contributed by atoms with Crippen LogP contribution in [0.1, 0.15) is 42.3 Å². The number of rotatable bonds is 7. The molecular weight excluding hydrogens is 302 g/mol. The molecule has 0 aliphatic carbocycles. The van der Waals surface area contributed by atoms with Gasteiger partial charge in [0.15, 0.2) is 0 Å². The average Bonchev–Trinajstić information content (AvgIpc) is 2.89. The van der Waals surface area contributed by atoms with Crippen molar-refractivity contribution in [3.63, 3.8) is 0 Å². The molecule has 0 bridgehead atoms. The van der Waals surface area contributed by atoms with Crippen molar-refractivity contribution in [1.82, 2.24) is 5.32 Å². The normalized spacial score (nSPS) is 12.4. The highest BCUT2D eigenvalue weighted by molar-refractivity contribution is 7.16. The van der Waals surface area contributed by atoms with E-state index >= 15 is 0 Å². The van der Waals surface area contributed by atoms with E-state index in [4.69, 9.17) is 16.3 Å². The summed E-state index contributed by atoms with van der Waals surface area (Å²) in [5.41, 5.74) is 2.47. The van der Waals surface area contributed by atoms with Gasteiger partial charge in [0.25, 0.3) is 0 Å². The van der Waals surface area contributed by atoms with Gasteiger partial charge in [0, 0.05) is 10.9 Å². The predicted molar refractivity (Wildman–Crippen MR) is 91.5 cm³/mol. The SMILES string of the molecule is CCCNC(C)c1ccc(OCc2ccc(Cl)s2)c(C)c1. The number of hydrogen-bond acceptors (Lipinski definition) is 3. The predicted octanol–water partition coefficient (Wildman–Crippen LogP) is 5.35. The Morgan fingerprint density at radius 2 is 2.10 bits per heavy atom. The average molecular weight is 324 g/mol. The fourth-order valence-electron chi connectivity index (χ4n) is 2.16. The lowest BCUT2D eigenvalue weighted by molar-refractivity contribution is 0.307. The minimum Gasteiger partial charge on any atom is -0.488 e. The maximum Gasteiger partial charge on any atom is 0.123 e. The maximum atomic E-state index is 5.93. The number of thiophene rings is 1. The van der Waals surface area contributed by atoms with E-state index in [1.807, 2.05) is 12.1 Å². The number of nitrogens with one attached hydrogen (secondary N) is 1. The number of hydrogen-bond donors (Lipinski definition) is 1. The quantitative estimate of drug-likeness (QED) is 0.741. The van der Waals surface area contributed by atoms with Crippen molar-refractivity contribution in [2.45, 2.75) is 39.8 Å². The highest BCUT2D eigenvalue weighted by Gasteiger charge is 2.08. The fourth-order valence-corrected chi connectivity index (χ4v) is 3.16. The highest BCUT2D eigenvalue weighted by atomic mass is 35.5. The van der Waals surface area contributed by atoms with Crippen LogP contribution in [0, 0.1) is 6.92 Å². The molecule has 1 aromatic heterocycles. The third-order valence-corrected chi connectivity index (χ3v) is 4.60. The van der Waals surface area contributed by atoms with Gasteiger partial charge in [-0.25, -0.2) is 0 Å². The smallest absolute Gasteiger partial charge is 0.123 e. The lowest BCUT2D eigenvalue weighted by atomic mass is 10.0. The molecule has 0 amide bonds. The van der Waals surface area contributed by atoms with Gasteiger partial charge >= 0.3 is 0 Å². The van der Waals surface area contributed by atoms with Gasteiger partial charge in [0.05, 0.1) is 4.34 Å². The van der Waals surface area contributed by atoms with E-state index in [0.29, 0.717) is 12.6 Å². The summed E-state index contributed by atoms with van der Waals surface area (Å²) in [6, 6.07) is 10.7. The number of benzene rings is 1. The molecule has 0 aliphatic rings. The van der Waals surface area contributed by atoms with E-state index < -0.39 is 0 Å². The Morgan fingerprint density at radius 1 is 1.29 bits per heavy atom. The number of halogens is 1. The fraction of sp³-hybridized carbons (Fsp3) is 0.412. The van der Waals surface area contributed by atoms with E-state index in [1.54, 1.807) is 11.3 Å². The van der Waals surface area contributed by atoms with Crippen molar-refractivity contribution in [2.75, 3.05) is 6.54 Å². The van der Waals surface area contributed by atoms with Gasteiger partial charge in [-0.3, -0.25) is 0 Å². The number of ether oxygens (including phenoxy) is 1. The van der Waals surface area contributed by atoms with Gasteiger partial charge in [0.1, 0.15) is 12.4 Å². The van der Waals surface area contributed by atoms with Crippen molar-refractivity contribution >= 4 is 22.9 Å². The van der Waals surface area contributed by atoms with Crippen molar-refractivity contribution in [2.24, 2.45) is 0 Å². The zero-order chi connectivity index (χ0) is 15.2. The molecule has 1 aromatic carbocycles. The second-order valence-electron chi connectivity index (χ2n) is 5.20. The Balaban J connectivity index is 1.98. The summed E-state index contributed by atoms with van der Waals surface area (Å²) in [7, 11) is 0. The molecule has 0 saturated heterocycles. The van der Waals surface area contributed by atoms with Crippen molar-refractivity contribution in [3.8, 4) is 5.75 Å². The summed E-state index contributed by atoms with van der Waals surface area (Å²) in [4.78, 5) is 1.14. The molecule has 1 N–H and O–H groups in total. The minimum absolute atomic E-state index is 0.369. The van der Waals surface area contributed by atoms with Crippen LogP contribution < -0.4 is 10.1 Å². The molecule has 0 spiro atoms. The van der Waals surface area contributed by atoms with Crippen molar-refractivity contribution in [3.05, 3.63) is 50.7 Å². The van der Waals surface area contributed by atoms with Gasteiger partial charge in [0.2, 0.25) is 0 Å². The van der Waals surface area contributed by atoms with Crippen LogP contribution >= 0.6 is 22.9 Å². The first-order chi connectivity index (χ1) is 10.1. The Morgan fingerprint density at radius 3 is 2.71 bits per heavy atom. The van der Waals surface area contributed by atoms with Gasteiger partial charge in [-0.2, -0.15) is 0 Å². The van der Waals surface area contributed by atoms with E-state index in [9.17, 15) is 0 Å². The molecule has 1 atom stereocenters. The van der Waals surface area contributed by atoms with E-state index in [1.165, 1.54) is 11.1 Å². The standard InChI is InChI=1S/C17H22ClNOS/c1-4-9-19-13(3)14-5-7-16(12(2)10-14)20-11-15-6-8-17(18)21-15/h5-8,10,13,19H,4,9,11H2,1-3H3. The zero-order valence-corrected chi connectivity index (χ0v) is 14.4. The van der Waals surface area contributed by atoms with E-state index in [0.717, 1.165) is 27.9 Å². The summed E-state index contributed by atoms with van der Waals surface area (Å²) in [5.74, 6) is 0.936. The molecule has 0 aliphatic heterocycles. The lowest BCUT2D eigenvalue weighted by Gasteiger charge is -2.16. The zero-order valence-electron chi connectivity index (χ0n) is 12.8. The molecule has 21 heavy (non-hydrogen) atoms. The van der Waals surface area contributed by atoms with E-state index in [-0.39, 0.29) is 0 Å². The molecule has 0 fully saturated rings. The molecule has 2 aromatic rings. The molecule has 4 heteroatoms. The summed E-state index contributed by atoms with van der Waals surface area (Å²) < 4.78 is 6.69. The maximum absolute atomic E-state index is 5.93. The summed E-state index contributed by atoms with van der Waals surface area (Å²) in [6.07, 6.45) is 1.15. The van der Waals surface area contributed by atoms with Crippen LogP contribution in [0.5, 0.6) is 5.75 Å². The Bertz CT molecular complexity index is 582. The Labute approximate surface area is 136 Å². The van der Waals surface area contributed by atoms with Gasteiger partial charge < -0.3 is 10.1 Å². The van der Waals surface area contributed by atoms with Crippen LogP contribution in [0.4, 0.5) is 0 Å². The van der Waals surface area contributed by atoms with Crippen LogP contribution in [-0.2, 0) is 6.61 Å². The topological polar surface area (TPSA) is 21.3 Å². The largest absolute Gasteiger partial charge is 0.488 e. The van der Waals surface area contributed by atoms with Gasteiger partial charge in [-0.1, -0.05) is 30.7 Å². The van der Waals surface area contributed by atoms with Gasteiger partial charge in [-0.15, -0.1) is 11.3 Å². The third-order valence-electron chi connectivity index (χ3n) is 3.40. The molecule has 2 rings (SSSR count). The summed E-state index contributed by atoms with van der Waals surface area (Å²) >= 11 is 7.49. The molecule has 1 heterocycles. The van der Waals surface area contributed by atoms with Crippen molar-refractivity contribution in [1.29, 1.82) is 0 Å². The first-order valence-electron chi connectivity index (χ1n) is 7.31. The minimum atomic E-state index is 0.369. The Kier molecular flexibility index (Phi) is 6.09. The first-order valence-corrected chi connectivity index (χ1v) is 8.50. The second-order valence-corrected chi connectivity index (χ2v) is 6.99. The van der Waals surface area contributed by atoms with Crippen LogP contribution in [-0.4, -0.2) is 6.54 Å². The first kappa shape index (κ1) is 16.3. The monoisotopic (exact) mass is 323 g/mol. The Hall–Kier alpha value is -1.03. The number of aryl methyl sites for hydroxylation is 1. The van der Waals surface area contributed by atoms with Crippen LogP contribution in [0.15, 0.2) is 30.3 Å². The molecule has 0 radical (unpaired) electrons. The molecule has 2 nitrogen and oxygen atoms in total. The lowest BCUT2D eigenvalue weighted by Crippen LogP contribution is -2.19. The summed E-state index contributed by atoms with van der Waals surface area (Å²) in [5, 5.41) is 3.50. The van der Waals surface area contributed by atoms with Crippen LogP contribution in [0.3, 0.4) is 0 Å². The third kappa shape index (κ3) is 4.73.